The van der Waals surface area contributed by atoms with Crippen LogP contribution in [-0.4, -0.2) is 72.2 Å². The topological polar surface area (TPSA) is 59.1 Å². The van der Waals surface area contributed by atoms with Crippen LogP contribution in [-0.2, 0) is 19.1 Å². The highest BCUT2D eigenvalue weighted by Crippen LogP contribution is 2.41. The molecule has 0 amide bonds. The van der Waals surface area contributed by atoms with Crippen molar-refractivity contribution in [2.24, 2.45) is 11.8 Å². The summed E-state index contributed by atoms with van der Waals surface area (Å²) in [6, 6.07) is 2.22. The molecule has 0 radical (unpaired) electrons. The van der Waals surface area contributed by atoms with Crippen LogP contribution in [0, 0.1) is 11.8 Å². The van der Waals surface area contributed by atoms with Crippen LogP contribution in [0.3, 0.4) is 0 Å². The third kappa shape index (κ3) is 3.26. The van der Waals surface area contributed by atoms with E-state index in [2.05, 4.69) is 23.9 Å². The molecule has 5 fully saturated rings. The van der Waals surface area contributed by atoms with Crippen LogP contribution in [0.5, 0.6) is 0 Å². The van der Waals surface area contributed by atoms with Gasteiger partial charge in [-0.15, -0.1) is 0 Å². The Hall–Kier alpha value is -1.14. The molecular weight excluding hydrogens is 356 g/mol. The smallest absolute Gasteiger partial charge is 0.310 e. The Morgan fingerprint density at radius 2 is 0.929 bits per heavy atom. The highest BCUT2D eigenvalue weighted by Gasteiger charge is 2.47. The Balaban J connectivity index is 1.12. The van der Waals surface area contributed by atoms with Gasteiger partial charge in [0.2, 0.25) is 0 Å². The number of hydrogen-bond donors (Lipinski definition) is 0. The summed E-state index contributed by atoms with van der Waals surface area (Å²) in [6.07, 6.45) is 10.2. The van der Waals surface area contributed by atoms with E-state index in [9.17, 15) is 9.59 Å². The zero-order valence-electron chi connectivity index (χ0n) is 17.2. The fraction of sp³-hybridized carbons (Fsp3) is 0.909. The molecule has 1 aliphatic carbocycles. The number of carbonyl (C=O) groups excluding carboxylic acids is 2. The van der Waals surface area contributed by atoms with Gasteiger partial charge in [0.25, 0.3) is 0 Å². The first-order valence-corrected chi connectivity index (χ1v) is 11.3. The van der Waals surface area contributed by atoms with Crippen molar-refractivity contribution in [3.8, 4) is 0 Å². The van der Waals surface area contributed by atoms with Gasteiger partial charge in [0.05, 0.1) is 11.8 Å². The van der Waals surface area contributed by atoms with Crippen molar-refractivity contribution in [1.82, 2.24) is 9.80 Å². The molecule has 0 aromatic rings. The minimum absolute atomic E-state index is 0.0305. The van der Waals surface area contributed by atoms with Crippen LogP contribution in [0.25, 0.3) is 0 Å². The maximum atomic E-state index is 12.7. The van der Waals surface area contributed by atoms with Crippen LogP contribution in [0.15, 0.2) is 0 Å². The minimum Gasteiger partial charge on any atom is -0.462 e. The van der Waals surface area contributed by atoms with Crippen molar-refractivity contribution >= 4 is 11.9 Å². The molecule has 0 aromatic heterocycles. The molecule has 156 valence electrons. The second kappa shape index (κ2) is 7.28. The standard InChI is InChI=1S/C22H34N2O4/c1-23-13-3-4-14(23)10-17(9-13)27-21(25)19-7-8-20(19)22(26)28-18-11-15-5-6-16(12-18)24(15)2/h13-20H,3-12H2,1-2H3/t13-,14+,15-,16+,17?,18?,19?,20?. The SMILES string of the molecule is CN1[C@@H]2CC[C@H]1CC(OC(=O)C1CCC1C(=O)OC1C[C@H]3CC[C@@H](C1)N3C)C2. The van der Waals surface area contributed by atoms with Crippen LogP contribution < -0.4 is 0 Å². The van der Waals surface area contributed by atoms with Gasteiger partial charge >= 0.3 is 11.9 Å². The van der Waals surface area contributed by atoms with Gasteiger partial charge in [-0.3, -0.25) is 9.59 Å². The van der Waals surface area contributed by atoms with Crippen LogP contribution >= 0.6 is 0 Å². The largest absolute Gasteiger partial charge is 0.462 e. The van der Waals surface area contributed by atoms with Gasteiger partial charge in [-0.25, -0.2) is 0 Å². The average molecular weight is 391 g/mol. The summed E-state index contributed by atoms with van der Waals surface area (Å²) < 4.78 is 11.7. The zero-order chi connectivity index (χ0) is 19.4. The first-order chi connectivity index (χ1) is 13.5. The number of esters is 2. The molecule has 0 N–H and O–H groups in total. The lowest BCUT2D eigenvalue weighted by molar-refractivity contribution is -0.176. The highest BCUT2D eigenvalue weighted by molar-refractivity contribution is 5.84. The molecule has 5 aliphatic rings. The molecule has 0 spiro atoms. The van der Waals surface area contributed by atoms with E-state index in [-0.39, 0.29) is 36.0 Å². The van der Waals surface area contributed by atoms with Crippen molar-refractivity contribution in [2.45, 2.75) is 101 Å². The van der Waals surface area contributed by atoms with E-state index in [0.29, 0.717) is 24.2 Å². The van der Waals surface area contributed by atoms with E-state index in [1.54, 1.807) is 0 Å². The Labute approximate surface area is 167 Å². The molecular formula is C22H34N2O4. The first-order valence-electron chi connectivity index (χ1n) is 11.3. The quantitative estimate of drug-likeness (QED) is 0.687. The van der Waals surface area contributed by atoms with E-state index >= 15 is 0 Å². The molecule has 28 heavy (non-hydrogen) atoms. The number of fused-ring (bicyclic) bond motifs is 4. The summed E-state index contributed by atoms with van der Waals surface area (Å²) in [4.78, 5) is 30.3. The second-order valence-corrected chi connectivity index (χ2v) is 9.95. The Morgan fingerprint density at radius 1 is 0.607 bits per heavy atom. The number of ether oxygens (including phenoxy) is 2. The van der Waals surface area contributed by atoms with E-state index in [1.165, 1.54) is 25.7 Å². The molecule has 4 heterocycles. The number of carbonyl (C=O) groups is 2. The summed E-state index contributed by atoms with van der Waals surface area (Å²) in [5, 5.41) is 0. The Bertz CT molecular complexity index is 558. The first kappa shape index (κ1) is 18.9. The lowest BCUT2D eigenvalue weighted by Gasteiger charge is -2.40. The van der Waals surface area contributed by atoms with Gasteiger partial charge in [0.1, 0.15) is 12.2 Å². The fourth-order valence-corrected chi connectivity index (χ4v) is 6.48. The molecule has 4 unspecified atom stereocenters. The maximum Gasteiger partial charge on any atom is 0.310 e. The summed E-state index contributed by atoms with van der Waals surface area (Å²) in [6.45, 7) is 0. The lowest BCUT2D eigenvalue weighted by Crippen LogP contribution is -2.47. The molecule has 8 atom stereocenters. The third-order valence-electron chi connectivity index (χ3n) is 8.56. The van der Waals surface area contributed by atoms with E-state index in [0.717, 1.165) is 38.5 Å². The molecule has 4 saturated heterocycles. The fourth-order valence-electron chi connectivity index (χ4n) is 6.48. The van der Waals surface area contributed by atoms with Crippen molar-refractivity contribution in [3.63, 3.8) is 0 Å². The number of piperidine rings is 2. The van der Waals surface area contributed by atoms with E-state index < -0.39 is 0 Å². The third-order valence-corrected chi connectivity index (χ3v) is 8.56. The van der Waals surface area contributed by atoms with Crippen LogP contribution in [0.2, 0.25) is 0 Å². The molecule has 6 heteroatoms. The monoisotopic (exact) mass is 390 g/mol. The Kier molecular flexibility index (Phi) is 4.90. The molecule has 6 nitrogen and oxygen atoms in total. The number of hydrogen-bond acceptors (Lipinski definition) is 6. The van der Waals surface area contributed by atoms with Crippen molar-refractivity contribution < 1.29 is 19.1 Å². The van der Waals surface area contributed by atoms with Crippen LogP contribution in [0.4, 0.5) is 0 Å². The van der Waals surface area contributed by atoms with Gasteiger partial charge in [-0.1, -0.05) is 0 Å². The predicted molar refractivity (Wildman–Crippen MR) is 104 cm³/mol. The van der Waals surface area contributed by atoms with Gasteiger partial charge in [0, 0.05) is 24.2 Å². The minimum atomic E-state index is -0.284. The summed E-state index contributed by atoms with van der Waals surface area (Å²) in [7, 11) is 4.38. The van der Waals surface area contributed by atoms with Gasteiger partial charge < -0.3 is 19.3 Å². The number of nitrogens with zero attached hydrogens (tertiary/aromatic N) is 2. The van der Waals surface area contributed by atoms with E-state index in [4.69, 9.17) is 9.47 Å². The highest BCUT2D eigenvalue weighted by atomic mass is 16.6. The molecule has 4 aliphatic heterocycles. The molecule has 4 bridgehead atoms. The Morgan fingerprint density at radius 3 is 1.21 bits per heavy atom. The summed E-state index contributed by atoms with van der Waals surface area (Å²) in [5.41, 5.74) is 0. The average Bonchev–Trinajstić information content (AvgIpc) is 2.95. The molecule has 0 aromatic carbocycles. The van der Waals surface area contributed by atoms with Crippen molar-refractivity contribution in [3.05, 3.63) is 0 Å². The predicted octanol–water partition coefficient (Wildman–Crippen LogP) is 2.35. The van der Waals surface area contributed by atoms with Crippen molar-refractivity contribution in [1.29, 1.82) is 0 Å². The summed E-state index contributed by atoms with van der Waals surface area (Å²) in [5.74, 6) is -0.892. The normalized spacial score (nSPS) is 45.5. The zero-order valence-corrected chi connectivity index (χ0v) is 17.2. The second-order valence-electron chi connectivity index (χ2n) is 9.95. The molecule has 1 saturated carbocycles. The maximum absolute atomic E-state index is 12.7. The van der Waals surface area contributed by atoms with Crippen LogP contribution in [0.1, 0.15) is 64.2 Å². The molecule has 5 rings (SSSR count). The summed E-state index contributed by atoms with van der Waals surface area (Å²) >= 11 is 0. The lowest BCUT2D eigenvalue weighted by atomic mass is 9.73. The van der Waals surface area contributed by atoms with Gasteiger partial charge in [0.15, 0.2) is 0 Å². The van der Waals surface area contributed by atoms with Gasteiger partial charge in [-0.05, 0) is 78.3 Å². The van der Waals surface area contributed by atoms with Crippen molar-refractivity contribution in [2.75, 3.05) is 14.1 Å². The van der Waals surface area contributed by atoms with E-state index in [1.807, 2.05) is 0 Å². The number of rotatable bonds is 4. The van der Waals surface area contributed by atoms with Gasteiger partial charge in [-0.2, -0.15) is 0 Å².